The largest absolute Gasteiger partial charge is 0.339 e. The number of rotatable bonds is 3. The van der Waals surface area contributed by atoms with Crippen molar-refractivity contribution in [3.05, 3.63) is 69.7 Å². The van der Waals surface area contributed by atoms with Gasteiger partial charge in [0.2, 0.25) is 5.91 Å². The van der Waals surface area contributed by atoms with Gasteiger partial charge in [-0.25, -0.2) is 8.78 Å². The second-order valence-electron chi connectivity index (χ2n) is 6.51. The third kappa shape index (κ3) is 4.27. The summed E-state index contributed by atoms with van der Waals surface area (Å²) in [6, 6.07) is 8.70. The van der Waals surface area contributed by atoms with E-state index >= 15 is 0 Å². The number of nitrogens with zero attached hydrogens (tertiary/aromatic N) is 2. The minimum atomic E-state index is -0.508. The smallest absolute Gasteiger partial charge is 0.254 e. The number of amides is 2. The minimum absolute atomic E-state index is 0.122. The normalized spacial score (nSPS) is 14.4. The second kappa shape index (κ2) is 8.05. The Bertz CT molecular complexity index is 860. The fourth-order valence-corrected chi connectivity index (χ4v) is 3.26. The van der Waals surface area contributed by atoms with Crippen molar-refractivity contribution in [1.82, 2.24) is 9.80 Å². The Morgan fingerprint density at radius 3 is 2.30 bits per heavy atom. The highest BCUT2D eigenvalue weighted by Crippen LogP contribution is 2.21. The van der Waals surface area contributed by atoms with Gasteiger partial charge < -0.3 is 9.80 Å². The molecule has 1 fully saturated rings. The maximum absolute atomic E-state index is 13.9. The van der Waals surface area contributed by atoms with Gasteiger partial charge in [0.1, 0.15) is 11.6 Å². The SMILES string of the molecule is Cc1ccc(C(=O)N2CCN(C(=O)Cc3c(F)cccc3Cl)CC2)cc1F. The van der Waals surface area contributed by atoms with Gasteiger partial charge in [0.05, 0.1) is 6.42 Å². The molecule has 2 aromatic rings. The van der Waals surface area contributed by atoms with Gasteiger partial charge in [0, 0.05) is 42.3 Å². The van der Waals surface area contributed by atoms with Gasteiger partial charge >= 0.3 is 0 Å². The number of carbonyl (C=O) groups is 2. The van der Waals surface area contributed by atoms with Crippen LogP contribution in [0.25, 0.3) is 0 Å². The van der Waals surface area contributed by atoms with E-state index in [-0.39, 0.29) is 34.4 Å². The minimum Gasteiger partial charge on any atom is -0.339 e. The molecular weight excluding hydrogens is 374 g/mol. The third-order valence-electron chi connectivity index (χ3n) is 4.73. The van der Waals surface area contributed by atoms with E-state index in [0.29, 0.717) is 31.7 Å². The predicted molar refractivity (Wildman–Crippen MR) is 98.7 cm³/mol. The molecule has 0 saturated carbocycles. The molecule has 4 nitrogen and oxygen atoms in total. The van der Waals surface area contributed by atoms with E-state index in [9.17, 15) is 18.4 Å². The lowest BCUT2D eigenvalue weighted by atomic mass is 10.1. The summed E-state index contributed by atoms with van der Waals surface area (Å²) in [6.45, 7) is 2.99. The zero-order valence-electron chi connectivity index (χ0n) is 14.8. The fraction of sp³-hybridized carbons (Fsp3) is 0.300. The Hall–Kier alpha value is -2.47. The van der Waals surface area contributed by atoms with Crippen molar-refractivity contribution in [2.24, 2.45) is 0 Å². The number of benzene rings is 2. The molecule has 2 amide bonds. The Morgan fingerprint density at radius 2 is 1.67 bits per heavy atom. The summed E-state index contributed by atoms with van der Waals surface area (Å²) >= 11 is 5.97. The summed E-state index contributed by atoms with van der Waals surface area (Å²) in [5.41, 5.74) is 0.947. The van der Waals surface area contributed by atoms with E-state index in [0.717, 1.165) is 0 Å². The average molecular weight is 393 g/mol. The molecule has 0 aliphatic carbocycles. The van der Waals surface area contributed by atoms with Crippen LogP contribution in [0.1, 0.15) is 21.5 Å². The predicted octanol–water partition coefficient (Wildman–Crippen LogP) is 3.45. The van der Waals surface area contributed by atoms with Gasteiger partial charge in [-0.2, -0.15) is 0 Å². The molecule has 0 bridgehead atoms. The molecule has 0 atom stereocenters. The first kappa shape index (κ1) is 19.3. The van der Waals surface area contributed by atoms with E-state index in [1.807, 2.05) is 0 Å². The third-order valence-corrected chi connectivity index (χ3v) is 5.08. The van der Waals surface area contributed by atoms with Gasteiger partial charge in [-0.3, -0.25) is 9.59 Å². The van der Waals surface area contributed by atoms with E-state index in [2.05, 4.69) is 0 Å². The van der Waals surface area contributed by atoms with Crippen molar-refractivity contribution in [3.8, 4) is 0 Å². The Morgan fingerprint density at radius 1 is 1.00 bits per heavy atom. The van der Waals surface area contributed by atoms with Crippen LogP contribution in [0.4, 0.5) is 8.78 Å². The monoisotopic (exact) mass is 392 g/mol. The van der Waals surface area contributed by atoms with Crippen LogP contribution in [0, 0.1) is 18.6 Å². The molecule has 0 unspecified atom stereocenters. The molecule has 27 heavy (non-hydrogen) atoms. The van der Waals surface area contributed by atoms with Crippen LogP contribution in [0.3, 0.4) is 0 Å². The molecule has 0 radical (unpaired) electrons. The molecule has 7 heteroatoms. The standard InChI is InChI=1S/C20H19ClF2N2O2/c1-13-5-6-14(11-18(13)23)20(27)25-9-7-24(8-10-25)19(26)12-15-16(21)3-2-4-17(15)22/h2-6,11H,7-10,12H2,1H3. The van der Waals surface area contributed by atoms with Gasteiger partial charge in [-0.1, -0.05) is 23.7 Å². The zero-order valence-corrected chi connectivity index (χ0v) is 15.6. The fourth-order valence-electron chi connectivity index (χ4n) is 3.03. The first-order valence-corrected chi connectivity index (χ1v) is 9.00. The molecular formula is C20H19ClF2N2O2. The quantitative estimate of drug-likeness (QED) is 0.802. The molecule has 0 aromatic heterocycles. The topological polar surface area (TPSA) is 40.6 Å². The van der Waals surface area contributed by atoms with Crippen molar-refractivity contribution >= 4 is 23.4 Å². The highest BCUT2D eigenvalue weighted by Gasteiger charge is 2.26. The molecule has 2 aromatic carbocycles. The summed E-state index contributed by atoms with van der Waals surface area (Å²) in [5.74, 6) is -1.43. The molecule has 1 aliphatic heterocycles. The summed E-state index contributed by atoms with van der Waals surface area (Å²) in [5, 5.41) is 0.221. The van der Waals surface area contributed by atoms with Gasteiger partial charge in [-0.05, 0) is 36.8 Å². The Balaban J connectivity index is 1.60. The number of hydrogen-bond donors (Lipinski definition) is 0. The molecule has 0 N–H and O–H groups in total. The van der Waals surface area contributed by atoms with Crippen LogP contribution in [0.15, 0.2) is 36.4 Å². The van der Waals surface area contributed by atoms with Crippen molar-refractivity contribution in [3.63, 3.8) is 0 Å². The second-order valence-corrected chi connectivity index (χ2v) is 6.92. The molecule has 1 saturated heterocycles. The number of piperazine rings is 1. The summed E-state index contributed by atoms with van der Waals surface area (Å²) in [4.78, 5) is 28.1. The summed E-state index contributed by atoms with van der Waals surface area (Å²) in [6.07, 6.45) is -0.122. The van der Waals surface area contributed by atoms with Gasteiger partial charge in [0.25, 0.3) is 5.91 Å². The summed E-state index contributed by atoms with van der Waals surface area (Å²) < 4.78 is 27.5. The van der Waals surface area contributed by atoms with E-state index in [4.69, 9.17) is 11.6 Å². The lowest BCUT2D eigenvalue weighted by Gasteiger charge is -2.35. The molecule has 1 heterocycles. The number of hydrogen-bond acceptors (Lipinski definition) is 2. The maximum Gasteiger partial charge on any atom is 0.254 e. The first-order valence-electron chi connectivity index (χ1n) is 8.63. The summed E-state index contributed by atoms with van der Waals surface area (Å²) in [7, 11) is 0. The van der Waals surface area contributed by atoms with Crippen molar-refractivity contribution in [1.29, 1.82) is 0 Å². The number of carbonyl (C=O) groups excluding carboxylic acids is 2. The van der Waals surface area contributed by atoms with Crippen molar-refractivity contribution in [2.45, 2.75) is 13.3 Å². The highest BCUT2D eigenvalue weighted by molar-refractivity contribution is 6.31. The lowest BCUT2D eigenvalue weighted by Crippen LogP contribution is -2.51. The Kier molecular flexibility index (Phi) is 5.75. The van der Waals surface area contributed by atoms with E-state index in [1.165, 1.54) is 18.2 Å². The maximum atomic E-state index is 13.9. The first-order chi connectivity index (χ1) is 12.9. The van der Waals surface area contributed by atoms with Gasteiger partial charge in [0.15, 0.2) is 0 Å². The van der Waals surface area contributed by atoms with E-state index < -0.39 is 11.6 Å². The molecule has 0 spiro atoms. The van der Waals surface area contributed by atoms with Crippen LogP contribution in [-0.2, 0) is 11.2 Å². The zero-order chi connectivity index (χ0) is 19.6. The highest BCUT2D eigenvalue weighted by atomic mass is 35.5. The lowest BCUT2D eigenvalue weighted by molar-refractivity contribution is -0.132. The van der Waals surface area contributed by atoms with Crippen LogP contribution in [-0.4, -0.2) is 47.8 Å². The average Bonchev–Trinajstić information content (AvgIpc) is 2.66. The van der Waals surface area contributed by atoms with Crippen LogP contribution in [0.2, 0.25) is 5.02 Å². The van der Waals surface area contributed by atoms with Gasteiger partial charge in [-0.15, -0.1) is 0 Å². The molecule has 142 valence electrons. The van der Waals surface area contributed by atoms with Crippen LogP contribution >= 0.6 is 11.6 Å². The van der Waals surface area contributed by atoms with E-state index in [1.54, 1.807) is 34.9 Å². The number of aryl methyl sites for hydroxylation is 1. The van der Waals surface area contributed by atoms with Crippen LogP contribution in [0.5, 0.6) is 0 Å². The molecule has 1 aliphatic rings. The van der Waals surface area contributed by atoms with Crippen LogP contribution < -0.4 is 0 Å². The van der Waals surface area contributed by atoms with Crippen molar-refractivity contribution in [2.75, 3.05) is 26.2 Å². The number of halogens is 3. The molecule has 3 rings (SSSR count). The van der Waals surface area contributed by atoms with Crippen molar-refractivity contribution < 1.29 is 18.4 Å². The Labute approximate surface area is 161 Å².